The van der Waals surface area contributed by atoms with E-state index >= 15 is 0 Å². The van der Waals surface area contributed by atoms with Gasteiger partial charge >= 0.3 is 0 Å². The second-order valence-electron chi connectivity index (χ2n) is 6.97. The lowest BCUT2D eigenvalue weighted by Gasteiger charge is -2.34. The number of rotatable bonds is 4. The van der Waals surface area contributed by atoms with Crippen molar-refractivity contribution in [1.82, 2.24) is 19.8 Å². The van der Waals surface area contributed by atoms with Gasteiger partial charge < -0.3 is 19.2 Å². The molecule has 132 valence electrons. The second-order valence-corrected chi connectivity index (χ2v) is 6.97. The SMILES string of the molecule is C[C@@H]1C[C@@H]1C(=O)N1CCn2cc(C(=O)NCc3ccco3)nc2[C@H]1C. The largest absolute Gasteiger partial charge is 0.467 e. The van der Waals surface area contributed by atoms with E-state index in [0.717, 1.165) is 12.2 Å². The molecule has 2 aliphatic rings. The zero-order chi connectivity index (χ0) is 17.6. The van der Waals surface area contributed by atoms with Gasteiger partial charge in [-0.3, -0.25) is 9.59 Å². The van der Waals surface area contributed by atoms with E-state index in [1.54, 1.807) is 18.5 Å². The van der Waals surface area contributed by atoms with E-state index in [2.05, 4.69) is 17.2 Å². The summed E-state index contributed by atoms with van der Waals surface area (Å²) in [6, 6.07) is 3.48. The Morgan fingerprint density at radius 2 is 2.16 bits per heavy atom. The molecule has 0 saturated heterocycles. The fourth-order valence-corrected chi connectivity index (χ4v) is 3.45. The van der Waals surface area contributed by atoms with Gasteiger partial charge in [0, 0.05) is 25.2 Å². The molecule has 1 aliphatic carbocycles. The molecule has 0 aromatic carbocycles. The van der Waals surface area contributed by atoms with Gasteiger partial charge in [0.2, 0.25) is 5.91 Å². The Hall–Kier alpha value is -2.57. The summed E-state index contributed by atoms with van der Waals surface area (Å²) in [5, 5.41) is 2.80. The number of carbonyl (C=O) groups is 2. The number of nitrogens with one attached hydrogen (secondary N) is 1. The average Bonchev–Trinajstić information content (AvgIpc) is 3.03. The number of aromatic nitrogens is 2. The maximum Gasteiger partial charge on any atom is 0.271 e. The third kappa shape index (κ3) is 2.94. The van der Waals surface area contributed by atoms with Crippen LogP contribution in [0.4, 0.5) is 0 Å². The third-order valence-electron chi connectivity index (χ3n) is 5.18. The van der Waals surface area contributed by atoms with Crippen molar-refractivity contribution in [3.63, 3.8) is 0 Å². The second kappa shape index (κ2) is 6.06. The zero-order valence-corrected chi connectivity index (χ0v) is 14.4. The first-order chi connectivity index (χ1) is 12.0. The number of nitrogens with zero attached hydrogens (tertiary/aromatic N) is 3. The molecule has 0 unspecified atom stereocenters. The molecule has 3 atom stereocenters. The number of hydrogen-bond acceptors (Lipinski definition) is 4. The molecule has 7 nitrogen and oxygen atoms in total. The van der Waals surface area contributed by atoms with Gasteiger partial charge in [0.1, 0.15) is 17.3 Å². The number of amides is 2. The molecule has 0 radical (unpaired) electrons. The first kappa shape index (κ1) is 15.9. The Labute approximate surface area is 146 Å². The van der Waals surface area contributed by atoms with E-state index in [9.17, 15) is 9.59 Å². The van der Waals surface area contributed by atoms with Crippen molar-refractivity contribution in [2.45, 2.75) is 39.4 Å². The smallest absolute Gasteiger partial charge is 0.271 e. The zero-order valence-electron chi connectivity index (χ0n) is 14.4. The predicted molar refractivity (Wildman–Crippen MR) is 89.5 cm³/mol. The molecule has 1 fully saturated rings. The van der Waals surface area contributed by atoms with Crippen LogP contribution in [0, 0.1) is 11.8 Å². The molecule has 4 rings (SSSR count). The van der Waals surface area contributed by atoms with E-state index < -0.39 is 0 Å². The molecule has 2 aromatic heterocycles. The topological polar surface area (TPSA) is 80.4 Å². The van der Waals surface area contributed by atoms with Gasteiger partial charge in [0.25, 0.3) is 5.91 Å². The van der Waals surface area contributed by atoms with Crippen LogP contribution in [-0.4, -0.2) is 32.8 Å². The minimum Gasteiger partial charge on any atom is -0.467 e. The van der Waals surface area contributed by atoms with Gasteiger partial charge in [-0.25, -0.2) is 4.98 Å². The van der Waals surface area contributed by atoms with Crippen LogP contribution in [-0.2, 0) is 17.9 Å². The van der Waals surface area contributed by atoms with Gasteiger partial charge in [0.05, 0.1) is 18.8 Å². The van der Waals surface area contributed by atoms with Crippen molar-refractivity contribution in [3.05, 3.63) is 41.9 Å². The van der Waals surface area contributed by atoms with Gasteiger partial charge in [-0.05, 0) is 31.4 Å². The molecule has 25 heavy (non-hydrogen) atoms. The quantitative estimate of drug-likeness (QED) is 0.921. The monoisotopic (exact) mass is 342 g/mol. The molecule has 1 saturated carbocycles. The summed E-state index contributed by atoms with van der Waals surface area (Å²) in [5.74, 6) is 2.11. The van der Waals surface area contributed by atoms with E-state index in [-0.39, 0.29) is 23.8 Å². The van der Waals surface area contributed by atoms with Crippen LogP contribution in [0.2, 0.25) is 0 Å². The van der Waals surface area contributed by atoms with Crippen LogP contribution in [0.25, 0.3) is 0 Å². The van der Waals surface area contributed by atoms with Crippen LogP contribution < -0.4 is 5.32 Å². The molecular formula is C18H22N4O3. The van der Waals surface area contributed by atoms with Crippen molar-refractivity contribution in [1.29, 1.82) is 0 Å². The molecule has 0 spiro atoms. The summed E-state index contributed by atoms with van der Waals surface area (Å²) >= 11 is 0. The highest BCUT2D eigenvalue weighted by atomic mass is 16.3. The fourth-order valence-electron chi connectivity index (χ4n) is 3.45. The van der Waals surface area contributed by atoms with Crippen LogP contribution >= 0.6 is 0 Å². The van der Waals surface area contributed by atoms with Crippen molar-refractivity contribution < 1.29 is 14.0 Å². The highest BCUT2D eigenvalue weighted by molar-refractivity contribution is 5.92. The van der Waals surface area contributed by atoms with Crippen molar-refractivity contribution in [2.24, 2.45) is 11.8 Å². The lowest BCUT2D eigenvalue weighted by Crippen LogP contribution is -2.42. The molecule has 2 amide bonds. The normalized spacial score (nSPS) is 24.7. The molecule has 1 aliphatic heterocycles. The summed E-state index contributed by atoms with van der Waals surface area (Å²) in [4.78, 5) is 31.3. The molecular weight excluding hydrogens is 320 g/mol. The Morgan fingerprint density at radius 3 is 2.84 bits per heavy atom. The minimum absolute atomic E-state index is 0.110. The Morgan fingerprint density at radius 1 is 1.36 bits per heavy atom. The van der Waals surface area contributed by atoms with E-state index in [1.807, 2.05) is 22.5 Å². The van der Waals surface area contributed by atoms with Crippen LogP contribution in [0.5, 0.6) is 0 Å². The molecule has 3 heterocycles. The first-order valence-electron chi connectivity index (χ1n) is 8.72. The predicted octanol–water partition coefficient (Wildman–Crippen LogP) is 1.97. The molecule has 7 heteroatoms. The maximum atomic E-state index is 12.6. The summed E-state index contributed by atoms with van der Waals surface area (Å²) in [7, 11) is 0. The van der Waals surface area contributed by atoms with Gasteiger partial charge in [-0.15, -0.1) is 0 Å². The van der Waals surface area contributed by atoms with Crippen LogP contribution in [0.15, 0.2) is 29.0 Å². The molecule has 0 bridgehead atoms. The van der Waals surface area contributed by atoms with Crippen molar-refractivity contribution in [3.8, 4) is 0 Å². The van der Waals surface area contributed by atoms with Crippen molar-refractivity contribution in [2.75, 3.05) is 6.54 Å². The standard InChI is InChI=1S/C18H22N4O3/c1-11-8-14(11)18(24)22-6-5-21-10-15(20-16(21)12(22)2)17(23)19-9-13-4-3-7-25-13/h3-4,7,10-12,14H,5-6,8-9H2,1-2H3,(H,19,23)/t11-,12-,14+/m1/s1. The van der Waals surface area contributed by atoms with Crippen molar-refractivity contribution >= 4 is 11.8 Å². The number of carbonyl (C=O) groups excluding carboxylic acids is 2. The van der Waals surface area contributed by atoms with E-state index in [1.165, 1.54) is 0 Å². The summed E-state index contributed by atoms with van der Waals surface area (Å²) in [6.07, 6.45) is 4.33. The summed E-state index contributed by atoms with van der Waals surface area (Å²) in [6.45, 7) is 5.76. The lowest BCUT2D eigenvalue weighted by atomic mass is 10.1. The van der Waals surface area contributed by atoms with E-state index in [4.69, 9.17) is 4.42 Å². The average molecular weight is 342 g/mol. The Balaban J connectivity index is 1.46. The third-order valence-corrected chi connectivity index (χ3v) is 5.18. The number of furan rings is 1. The summed E-state index contributed by atoms with van der Waals surface area (Å²) < 4.78 is 7.19. The lowest BCUT2D eigenvalue weighted by molar-refractivity contribution is -0.136. The van der Waals surface area contributed by atoms with Crippen LogP contribution in [0.3, 0.4) is 0 Å². The van der Waals surface area contributed by atoms with Gasteiger partial charge in [-0.1, -0.05) is 6.92 Å². The summed E-state index contributed by atoms with van der Waals surface area (Å²) in [5.41, 5.74) is 0.377. The van der Waals surface area contributed by atoms with Gasteiger partial charge in [0.15, 0.2) is 0 Å². The fraction of sp³-hybridized carbons (Fsp3) is 0.500. The Kier molecular flexibility index (Phi) is 3.86. The van der Waals surface area contributed by atoms with Gasteiger partial charge in [-0.2, -0.15) is 0 Å². The number of fused-ring (bicyclic) bond motifs is 1. The van der Waals surface area contributed by atoms with E-state index in [0.29, 0.717) is 37.0 Å². The Bertz CT molecular complexity index is 795. The van der Waals surface area contributed by atoms with Crippen LogP contribution in [0.1, 0.15) is 48.4 Å². The highest BCUT2D eigenvalue weighted by Gasteiger charge is 2.44. The molecule has 1 N–H and O–H groups in total. The highest BCUT2D eigenvalue weighted by Crippen LogP contribution is 2.41. The maximum absolute atomic E-state index is 12.6. The first-order valence-corrected chi connectivity index (χ1v) is 8.72. The number of hydrogen-bond donors (Lipinski definition) is 1. The number of imidazole rings is 1. The molecule has 2 aromatic rings. The minimum atomic E-state index is -0.237.